The van der Waals surface area contributed by atoms with Crippen LogP contribution in [0.5, 0.6) is 0 Å². The molecule has 1 unspecified atom stereocenters. The average Bonchev–Trinajstić information content (AvgIpc) is 2.11. The molecule has 1 aliphatic carbocycles. The van der Waals surface area contributed by atoms with Gasteiger partial charge in [0.05, 0.1) is 6.10 Å². The summed E-state index contributed by atoms with van der Waals surface area (Å²) in [6.07, 6.45) is 17.4. The number of aliphatic hydroxyl groups excluding tert-OH is 1. The van der Waals surface area contributed by atoms with Gasteiger partial charge in [0.25, 0.3) is 0 Å². The highest BCUT2D eigenvalue weighted by Crippen LogP contribution is 2.03. The summed E-state index contributed by atoms with van der Waals surface area (Å²) in [5.74, 6) is 0. The molecule has 1 rings (SSSR count). The average molecular weight is 178 g/mol. The van der Waals surface area contributed by atoms with Crippen molar-refractivity contribution >= 4 is 0 Å². The minimum absolute atomic E-state index is 0.292. The molecule has 1 atom stereocenters. The van der Waals surface area contributed by atoms with Crippen molar-refractivity contribution in [1.29, 1.82) is 0 Å². The third-order valence-electron chi connectivity index (χ3n) is 2.07. The second kappa shape index (κ2) is 6.67. The lowest BCUT2D eigenvalue weighted by Crippen LogP contribution is -1.99. The van der Waals surface area contributed by atoms with Crippen LogP contribution in [0.2, 0.25) is 0 Å². The summed E-state index contributed by atoms with van der Waals surface area (Å²) in [7, 11) is 0. The summed E-state index contributed by atoms with van der Waals surface area (Å²) in [5, 5.41) is 9.44. The van der Waals surface area contributed by atoms with Crippen molar-refractivity contribution in [3.63, 3.8) is 0 Å². The van der Waals surface area contributed by atoms with Crippen molar-refractivity contribution in [3.8, 4) is 0 Å². The number of hydrogen-bond donors (Lipinski definition) is 1. The number of aliphatic hydroxyl groups is 1. The highest BCUT2D eigenvalue weighted by Gasteiger charge is 1.93. The zero-order valence-electron chi connectivity index (χ0n) is 8.02. The van der Waals surface area contributed by atoms with E-state index in [4.69, 9.17) is 0 Å². The third kappa shape index (κ3) is 5.42. The topological polar surface area (TPSA) is 20.2 Å². The third-order valence-corrected chi connectivity index (χ3v) is 2.07. The van der Waals surface area contributed by atoms with Crippen LogP contribution in [0.3, 0.4) is 0 Å². The zero-order valence-corrected chi connectivity index (χ0v) is 8.02. The van der Waals surface area contributed by atoms with E-state index in [1.54, 1.807) is 0 Å². The molecule has 1 N–H and O–H groups in total. The van der Waals surface area contributed by atoms with E-state index in [0.717, 1.165) is 32.1 Å². The molecule has 0 aromatic heterocycles. The molecule has 0 saturated carbocycles. The summed E-state index contributed by atoms with van der Waals surface area (Å²) in [4.78, 5) is 0. The van der Waals surface area contributed by atoms with E-state index in [2.05, 4.69) is 30.4 Å². The van der Waals surface area contributed by atoms with Gasteiger partial charge in [0, 0.05) is 0 Å². The predicted octanol–water partition coefficient (Wildman–Crippen LogP) is 2.98. The molecule has 0 heterocycles. The summed E-state index contributed by atoms with van der Waals surface area (Å²) < 4.78 is 0. The van der Waals surface area contributed by atoms with Gasteiger partial charge in [-0.25, -0.2) is 0 Å². The Hall–Kier alpha value is -0.820. The fourth-order valence-corrected chi connectivity index (χ4v) is 1.31. The van der Waals surface area contributed by atoms with E-state index < -0.39 is 0 Å². The Labute approximate surface area is 80.5 Å². The fraction of sp³-hybridized carbons (Fsp3) is 0.500. The van der Waals surface area contributed by atoms with Crippen LogP contribution >= 0.6 is 0 Å². The molecule has 0 saturated heterocycles. The van der Waals surface area contributed by atoms with Gasteiger partial charge in [0.1, 0.15) is 0 Å². The van der Waals surface area contributed by atoms with Crippen LogP contribution in [0.4, 0.5) is 0 Å². The molecular weight excluding hydrogens is 160 g/mol. The first-order valence-corrected chi connectivity index (χ1v) is 5.04. The quantitative estimate of drug-likeness (QED) is 0.565. The minimum atomic E-state index is -0.292. The summed E-state index contributed by atoms with van der Waals surface area (Å²) in [5.41, 5.74) is 0. The number of rotatable bonds is 0. The van der Waals surface area contributed by atoms with Crippen molar-refractivity contribution in [2.24, 2.45) is 0 Å². The fourth-order valence-electron chi connectivity index (χ4n) is 1.31. The van der Waals surface area contributed by atoms with E-state index in [9.17, 15) is 5.11 Å². The number of allylic oxidation sites excluding steroid dienone is 4. The van der Waals surface area contributed by atoms with Gasteiger partial charge in [0.15, 0.2) is 0 Å². The zero-order chi connectivity index (χ0) is 9.36. The second-order valence-electron chi connectivity index (χ2n) is 3.33. The van der Waals surface area contributed by atoms with Crippen LogP contribution in [0.1, 0.15) is 32.1 Å². The van der Waals surface area contributed by atoms with Crippen molar-refractivity contribution in [2.45, 2.75) is 38.2 Å². The van der Waals surface area contributed by atoms with Gasteiger partial charge in [-0.15, -0.1) is 0 Å². The molecule has 0 radical (unpaired) electrons. The van der Waals surface area contributed by atoms with E-state index in [-0.39, 0.29) is 6.10 Å². The molecule has 0 aromatic rings. The van der Waals surface area contributed by atoms with Gasteiger partial charge < -0.3 is 5.11 Å². The predicted molar refractivity (Wildman–Crippen MR) is 56.5 cm³/mol. The molecular formula is C12H18O. The van der Waals surface area contributed by atoms with Gasteiger partial charge in [-0.3, -0.25) is 0 Å². The Morgan fingerprint density at radius 3 is 2.00 bits per heavy atom. The highest BCUT2D eigenvalue weighted by molar-refractivity contribution is 4.97. The Bertz CT molecular complexity index is 201. The van der Waals surface area contributed by atoms with E-state index in [1.165, 1.54) is 0 Å². The Morgan fingerprint density at radius 2 is 1.31 bits per heavy atom. The van der Waals surface area contributed by atoms with Crippen LogP contribution in [-0.2, 0) is 0 Å². The molecule has 0 spiro atoms. The van der Waals surface area contributed by atoms with E-state index in [1.807, 2.05) is 6.08 Å². The molecule has 1 aliphatic rings. The maximum Gasteiger partial charge on any atom is 0.0755 e. The Kier molecular flexibility index (Phi) is 5.27. The first-order valence-electron chi connectivity index (χ1n) is 5.04. The standard InChI is InChI=1S/C12H18O/c13-12-10-8-6-4-2-1-3-5-7-9-11-12/h1-2,7-10,12-13H,3-6,11H2/b2-1-,9-7-,10-8-. The molecule has 0 aromatic carbocycles. The first kappa shape index (κ1) is 10.3. The van der Waals surface area contributed by atoms with Crippen molar-refractivity contribution in [2.75, 3.05) is 0 Å². The van der Waals surface area contributed by atoms with Crippen LogP contribution in [0.25, 0.3) is 0 Å². The first-order chi connectivity index (χ1) is 6.39. The normalized spacial score (nSPS) is 32.5. The maximum atomic E-state index is 9.44. The molecule has 1 nitrogen and oxygen atoms in total. The van der Waals surface area contributed by atoms with Gasteiger partial charge >= 0.3 is 0 Å². The van der Waals surface area contributed by atoms with E-state index >= 15 is 0 Å². The molecule has 13 heavy (non-hydrogen) atoms. The van der Waals surface area contributed by atoms with E-state index in [0.29, 0.717) is 0 Å². The van der Waals surface area contributed by atoms with Crippen molar-refractivity contribution in [1.82, 2.24) is 0 Å². The summed E-state index contributed by atoms with van der Waals surface area (Å²) in [6, 6.07) is 0. The summed E-state index contributed by atoms with van der Waals surface area (Å²) >= 11 is 0. The Balaban J connectivity index is 2.41. The van der Waals surface area contributed by atoms with Crippen LogP contribution < -0.4 is 0 Å². The van der Waals surface area contributed by atoms with Crippen molar-refractivity contribution in [3.05, 3.63) is 36.5 Å². The van der Waals surface area contributed by atoms with Crippen LogP contribution in [0.15, 0.2) is 36.5 Å². The van der Waals surface area contributed by atoms with Gasteiger partial charge in [-0.05, 0) is 32.1 Å². The highest BCUT2D eigenvalue weighted by atomic mass is 16.3. The molecule has 0 amide bonds. The molecule has 1 heteroatoms. The number of hydrogen-bond acceptors (Lipinski definition) is 1. The molecule has 72 valence electrons. The SMILES string of the molecule is OC1/C=C\CC/C=C\CC/C=C\C1. The van der Waals surface area contributed by atoms with Crippen molar-refractivity contribution < 1.29 is 5.11 Å². The lowest BCUT2D eigenvalue weighted by Gasteiger charge is -2.00. The Morgan fingerprint density at radius 1 is 0.769 bits per heavy atom. The second-order valence-corrected chi connectivity index (χ2v) is 3.33. The van der Waals surface area contributed by atoms with Gasteiger partial charge in [0.2, 0.25) is 0 Å². The lowest BCUT2D eigenvalue weighted by molar-refractivity contribution is 0.226. The molecule has 0 bridgehead atoms. The molecule has 0 aliphatic heterocycles. The van der Waals surface area contributed by atoms with Gasteiger partial charge in [-0.2, -0.15) is 0 Å². The van der Waals surface area contributed by atoms with Crippen LogP contribution in [0, 0.1) is 0 Å². The monoisotopic (exact) mass is 178 g/mol. The molecule has 0 fully saturated rings. The van der Waals surface area contributed by atoms with Gasteiger partial charge in [-0.1, -0.05) is 36.5 Å². The smallest absolute Gasteiger partial charge is 0.0755 e. The largest absolute Gasteiger partial charge is 0.389 e. The van der Waals surface area contributed by atoms with Crippen LogP contribution in [-0.4, -0.2) is 11.2 Å². The maximum absolute atomic E-state index is 9.44. The lowest BCUT2D eigenvalue weighted by atomic mass is 10.1. The summed E-state index contributed by atoms with van der Waals surface area (Å²) in [6.45, 7) is 0. The minimum Gasteiger partial charge on any atom is -0.389 e.